The van der Waals surface area contributed by atoms with Crippen LogP contribution >= 0.6 is 11.3 Å². The van der Waals surface area contributed by atoms with Gasteiger partial charge in [0.05, 0.1) is 32.8 Å². The molecule has 0 fully saturated rings. The van der Waals surface area contributed by atoms with Gasteiger partial charge in [-0.2, -0.15) is 0 Å². The van der Waals surface area contributed by atoms with Crippen LogP contribution in [0, 0.1) is 0 Å². The number of hydrogen-bond acceptors (Lipinski definition) is 4. The Hall–Kier alpha value is -9.94. The van der Waals surface area contributed by atoms with Gasteiger partial charge in [-0.05, 0) is 122 Å². The average molecular weight is 1040 g/mol. The second-order valence-electron chi connectivity index (χ2n) is 21.6. The molecule has 0 atom stereocenters. The predicted octanol–water partition coefficient (Wildman–Crippen LogP) is 20.7. The molecule has 376 valence electrons. The molecule has 0 radical (unpaired) electrons. The minimum Gasteiger partial charge on any atom is -0.309 e. The molecule has 80 heavy (non-hydrogen) atoms. The van der Waals surface area contributed by atoms with Crippen LogP contribution < -0.4 is 4.90 Å². The molecule has 0 aliphatic heterocycles. The molecule has 12 aromatic carbocycles. The zero-order valence-electron chi connectivity index (χ0n) is 44.1. The fraction of sp³-hybridized carbons (Fsp3) is 0.0400. The Morgan fingerprint density at radius 1 is 0.388 bits per heavy atom. The van der Waals surface area contributed by atoms with Gasteiger partial charge in [-0.25, -0.2) is 9.97 Å². The Morgan fingerprint density at radius 3 is 1.64 bits per heavy atom. The number of benzene rings is 12. The first-order valence-corrected chi connectivity index (χ1v) is 28.3. The summed E-state index contributed by atoms with van der Waals surface area (Å²) >= 11 is 1.89. The normalized spacial score (nSPS) is 12.7. The van der Waals surface area contributed by atoms with Gasteiger partial charge in [-0.15, -0.1) is 11.3 Å². The molecule has 4 nitrogen and oxygen atoms in total. The molecule has 0 unspecified atom stereocenters. The minimum atomic E-state index is -0.158. The molecule has 0 saturated heterocycles. The largest absolute Gasteiger partial charge is 0.309 e. The van der Waals surface area contributed by atoms with Crippen LogP contribution in [-0.2, 0) is 5.41 Å². The molecule has 1 aliphatic rings. The first-order valence-electron chi connectivity index (χ1n) is 27.5. The van der Waals surface area contributed by atoms with Crippen molar-refractivity contribution in [3.63, 3.8) is 0 Å². The van der Waals surface area contributed by atoms with E-state index in [4.69, 9.17) is 9.97 Å². The van der Waals surface area contributed by atoms with Gasteiger partial charge < -0.3 is 9.47 Å². The van der Waals surface area contributed by atoms with E-state index in [1.807, 2.05) is 23.5 Å². The highest BCUT2D eigenvalue weighted by Gasteiger charge is 2.36. The Kier molecular flexibility index (Phi) is 10.4. The van der Waals surface area contributed by atoms with Crippen LogP contribution in [0.3, 0.4) is 0 Å². The summed E-state index contributed by atoms with van der Waals surface area (Å²) < 4.78 is 5.01. The van der Waals surface area contributed by atoms with Crippen molar-refractivity contribution in [2.45, 2.75) is 19.3 Å². The summed E-state index contributed by atoms with van der Waals surface area (Å²) in [4.78, 5) is 12.9. The molecule has 15 aromatic rings. The Bertz CT molecular complexity index is 4890. The molecule has 5 heteroatoms. The van der Waals surface area contributed by atoms with Crippen molar-refractivity contribution < 1.29 is 0 Å². The third-order valence-electron chi connectivity index (χ3n) is 16.8. The van der Waals surface area contributed by atoms with E-state index in [0.717, 1.165) is 56.3 Å². The highest BCUT2D eigenvalue weighted by atomic mass is 32.1. The first-order chi connectivity index (χ1) is 39.4. The SMILES string of the molecule is CC1(C)c2ccccc2-c2ccc(N(c3ccc(-c4ccccc4)cc3)c3cccc4c3sc3ccc5c(c34)c3c4ccccc4c4ccccc4c3n5-c3ccc(-c4nc(-c5ccccc5)cc(-c5ccccc5)n4)cc3)cc21. The fourth-order valence-electron chi connectivity index (χ4n) is 13.0. The summed E-state index contributed by atoms with van der Waals surface area (Å²) in [5.74, 6) is 0.688. The molecule has 0 amide bonds. The summed E-state index contributed by atoms with van der Waals surface area (Å²) in [7, 11) is 0. The number of rotatable bonds is 8. The van der Waals surface area contributed by atoms with Crippen LogP contribution in [-0.4, -0.2) is 14.5 Å². The number of nitrogens with zero attached hydrogens (tertiary/aromatic N) is 4. The molecule has 1 aliphatic carbocycles. The Labute approximate surface area is 467 Å². The van der Waals surface area contributed by atoms with Gasteiger partial charge in [0.15, 0.2) is 5.82 Å². The van der Waals surface area contributed by atoms with E-state index in [1.165, 1.54) is 91.4 Å². The lowest BCUT2D eigenvalue weighted by Gasteiger charge is -2.28. The third kappa shape index (κ3) is 7.14. The van der Waals surface area contributed by atoms with Gasteiger partial charge in [0, 0.05) is 70.8 Å². The van der Waals surface area contributed by atoms with E-state index < -0.39 is 0 Å². The van der Waals surface area contributed by atoms with E-state index in [-0.39, 0.29) is 5.41 Å². The number of anilines is 3. The summed E-state index contributed by atoms with van der Waals surface area (Å²) in [5.41, 5.74) is 19.3. The molecule has 3 aromatic heterocycles. The molecule has 0 bridgehead atoms. The molecule has 3 heterocycles. The maximum Gasteiger partial charge on any atom is 0.160 e. The molecule has 0 N–H and O–H groups in total. The van der Waals surface area contributed by atoms with Crippen LogP contribution in [0.15, 0.2) is 267 Å². The lowest BCUT2D eigenvalue weighted by atomic mass is 9.82. The summed E-state index contributed by atoms with van der Waals surface area (Å²) in [6.45, 7) is 4.74. The Morgan fingerprint density at radius 2 is 0.938 bits per heavy atom. The van der Waals surface area contributed by atoms with Gasteiger partial charge in [-0.3, -0.25) is 0 Å². The van der Waals surface area contributed by atoms with Crippen LogP contribution in [0.2, 0.25) is 0 Å². The quantitative estimate of drug-likeness (QED) is 0.142. The van der Waals surface area contributed by atoms with Crippen molar-refractivity contribution in [1.29, 1.82) is 0 Å². The zero-order valence-corrected chi connectivity index (χ0v) is 44.9. The summed E-state index contributed by atoms with van der Waals surface area (Å²) in [5, 5.41) is 9.97. The van der Waals surface area contributed by atoms with Crippen LogP contribution in [0.5, 0.6) is 0 Å². The Balaban J connectivity index is 0.923. The number of thiophene rings is 1. The van der Waals surface area contributed by atoms with Crippen LogP contribution in [0.1, 0.15) is 25.0 Å². The molecule has 0 saturated carbocycles. The molecule has 0 spiro atoms. The monoisotopic (exact) mass is 1040 g/mol. The van der Waals surface area contributed by atoms with Gasteiger partial charge in [0.1, 0.15) is 0 Å². The van der Waals surface area contributed by atoms with Gasteiger partial charge in [-0.1, -0.05) is 208 Å². The number of hydrogen-bond donors (Lipinski definition) is 0. The standard InChI is InChI=1S/C75H50N4S/c1-75(2)62-31-17-16-27-57(62)58-42-41-54(45-63(58)75)78(52-37-33-48(34-38-52)47-19-6-3-7-20-47)67-32-18-30-61-69-68(80-73(61)67)44-43-66-71(69)70-59-28-14-12-25-55(59)56-26-13-15-29-60(56)72(70)79(66)53-39-35-51(36-40-53)74-76-64(49-21-8-4-9-22-49)46-65(77-74)50-23-10-5-11-24-50/h3-46H,1-2H3. The third-order valence-corrected chi connectivity index (χ3v) is 18.0. The average Bonchev–Trinajstić information content (AvgIpc) is 4.18. The maximum atomic E-state index is 5.21. The van der Waals surface area contributed by atoms with Crippen molar-refractivity contribution in [2.24, 2.45) is 0 Å². The van der Waals surface area contributed by atoms with E-state index in [1.54, 1.807) is 0 Å². The van der Waals surface area contributed by atoms with Gasteiger partial charge in [0.2, 0.25) is 0 Å². The molecule has 16 rings (SSSR count). The van der Waals surface area contributed by atoms with E-state index in [0.29, 0.717) is 5.82 Å². The van der Waals surface area contributed by atoms with Gasteiger partial charge in [0.25, 0.3) is 0 Å². The molecular formula is C75H50N4S. The topological polar surface area (TPSA) is 34.0 Å². The minimum absolute atomic E-state index is 0.158. The van der Waals surface area contributed by atoms with E-state index >= 15 is 0 Å². The van der Waals surface area contributed by atoms with Crippen molar-refractivity contribution in [3.05, 3.63) is 278 Å². The first kappa shape index (κ1) is 46.2. The number of aromatic nitrogens is 3. The lowest BCUT2D eigenvalue weighted by molar-refractivity contribution is 0.660. The maximum absolute atomic E-state index is 5.21. The zero-order chi connectivity index (χ0) is 53.1. The highest BCUT2D eigenvalue weighted by Crippen LogP contribution is 2.54. The van der Waals surface area contributed by atoms with Gasteiger partial charge >= 0.3 is 0 Å². The van der Waals surface area contributed by atoms with E-state index in [2.05, 4.69) is 278 Å². The van der Waals surface area contributed by atoms with Crippen LogP contribution in [0.4, 0.5) is 17.1 Å². The fourth-order valence-corrected chi connectivity index (χ4v) is 14.2. The van der Waals surface area contributed by atoms with Crippen molar-refractivity contribution in [1.82, 2.24) is 14.5 Å². The van der Waals surface area contributed by atoms with Crippen LogP contribution in [0.25, 0.3) is 125 Å². The second-order valence-corrected chi connectivity index (χ2v) is 22.7. The smallest absolute Gasteiger partial charge is 0.160 e. The lowest BCUT2D eigenvalue weighted by Crippen LogP contribution is -2.16. The van der Waals surface area contributed by atoms with E-state index in [9.17, 15) is 0 Å². The van der Waals surface area contributed by atoms with Crippen molar-refractivity contribution in [3.8, 4) is 61.8 Å². The number of fused-ring (bicyclic) bond motifs is 15. The summed E-state index contributed by atoms with van der Waals surface area (Å²) in [6, 6.07) is 97.3. The van der Waals surface area contributed by atoms with Crippen molar-refractivity contribution in [2.75, 3.05) is 4.90 Å². The highest BCUT2D eigenvalue weighted by molar-refractivity contribution is 7.26. The molecular weight excluding hydrogens is 989 g/mol. The summed E-state index contributed by atoms with van der Waals surface area (Å²) in [6.07, 6.45) is 0. The predicted molar refractivity (Wildman–Crippen MR) is 338 cm³/mol. The van der Waals surface area contributed by atoms with Crippen molar-refractivity contribution >= 4 is 91.9 Å². The second kappa shape index (κ2) is 18.1.